The third kappa shape index (κ3) is 4.58. The number of benzene rings is 1. The molecule has 2 atom stereocenters. The molecule has 0 aliphatic carbocycles. The van der Waals surface area contributed by atoms with E-state index in [9.17, 15) is 4.79 Å². The first-order valence-electron chi connectivity index (χ1n) is 11.9. The van der Waals surface area contributed by atoms with Crippen LogP contribution >= 0.6 is 0 Å². The Balaban J connectivity index is 1.46. The van der Waals surface area contributed by atoms with Gasteiger partial charge in [0.2, 0.25) is 5.95 Å². The predicted octanol–water partition coefficient (Wildman–Crippen LogP) is 3.28. The largest absolute Gasteiger partial charge is 0.378 e. The Labute approximate surface area is 199 Å². The van der Waals surface area contributed by atoms with E-state index in [1.165, 1.54) is 5.56 Å². The third-order valence-electron chi connectivity index (χ3n) is 6.54. The highest BCUT2D eigenvalue weighted by Crippen LogP contribution is 2.26. The molecular formula is C25H32N6O3. The Hall–Kier alpha value is -3.17. The van der Waals surface area contributed by atoms with Crippen molar-refractivity contribution in [3.8, 4) is 0 Å². The normalized spacial score (nSPS) is 21.2. The van der Waals surface area contributed by atoms with Gasteiger partial charge in [-0.2, -0.15) is 4.98 Å². The molecule has 3 aromatic rings. The zero-order valence-corrected chi connectivity index (χ0v) is 20.2. The number of carbonyl (C=O) groups excluding carboxylic acids is 1. The highest BCUT2D eigenvalue weighted by molar-refractivity contribution is 6.04. The molecule has 180 valence electrons. The van der Waals surface area contributed by atoms with E-state index in [4.69, 9.17) is 14.5 Å². The second-order valence-electron chi connectivity index (χ2n) is 9.26. The van der Waals surface area contributed by atoms with Gasteiger partial charge in [-0.25, -0.2) is 4.98 Å². The van der Waals surface area contributed by atoms with Gasteiger partial charge in [-0.05, 0) is 51.5 Å². The van der Waals surface area contributed by atoms with E-state index < -0.39 is 0 Å². The number of H-pyrrole nitrogens is 1. The van der Waals surface area contributed by atoms with Gasteiger partial charge < -0.3 is 29.6 Å². The molecule has 2 unspecified atom stereocenters. The molecule has 5 rings (SSSR count). The van der Waals surface area contributed by atoms with Gasteiger partial charge >= 0.3 is 0 Å². The summed E-state index contributed by atoms with van der Waals surface area (Å²) in [7, 11) is 0. The summed E-state index contributed by atoms with van der Waals surface area (Å²) >= 11 is 0. The Morgan fingerprint density at radius 1 is 1.06 bits per heavy atom. The summed E-state index contributed by atoms with van der Waals surface area (Å²) in [6.45, 7) is 12.3. The molecule has 9 heteroatoms. The van der Waals surface area contributed by atoms with E-state index in [1.54, 1.807) is 6.07 Å². The van der Waals surface area contributed by atoms with Crippen LogP contribution in [0.25, 0.3) is 10.9 Å². The van der Waals surface area contributed by atoms with Crippen molar-refractivity contribution < 1.29 is 14.3 Å². The van der Waals surface area contributed by atoms with Crippen molar-refractivity contribution in [2.24, 2.45) is 0 Å². The van der Waals surface area contributed by atoms with Crippen LogP contribution in [0.2, 0.25) is 0 Å². The number of fused-ring (bicyclic) bond motifs is 1. The topological polar surface area (TPSA) is 95.6 Å². The van der Waals surface area contributed by atoms with Crippen LogP contribution in [0, 0.1) is 13.8 Å². The average molecular weight is 465 g/mol. The molecule has 0 radical (unpaired) electrons. The van der Waals surface area contributed by atoms with Crippen LogP contribution in [0.1, 0.15) is 35.6 Å². The number of morpholine rings is 2. The van der Waals surface area contributed by atoms with Crippen molar-refractivity contribution in [2.45, 2.75) is 39.9 Å². The summed E-state index contributed by atoms with van der Waals surface area (Å²) in [5.74, 6) is 1.05. The van der Waals surface area contributed by atoms with Gasteiger partial charge in [0.1, 0.15) is 11.5 Å². The molecule has 2 aliphatic rings. The number of aryl methyl sites for hydroxylation is 2. The smallest absolute Gasteiger partial charge is 0.274 e. The van der Waals surface area contributed by atoms with E-state index in [0.29, 0.717) is 37.9 Å². The van der Waals surface area contributed by atoms with Gasteiger partial charge in [0.05, 0.1) is 25.4 Å². The molecule has 1 aromatic carbocycles. The van der Waals surface area contributed by atoms with Crippen molar-refractivity contribution >= 4 is 34.3 Å². The Kier molecular flexibility index (Phi) is 6.14. The van der Waals surface area contributed by atoms with Crippen LogP contribution in [-0.4, -0.2) is 72.5 Å². The molecule has 2 fully saturated rings. The maximum Gasteiger partial charge on any atom is 0.274 e. The second-order valence-corrected chi connectivity index (χ2v) is 9.26. The van der Waals surface area contributed by atoms with Crippen molar-refractivity contribution in [3.05, 3.63) is 41.2 Å². The standard InChI is InChI=1S/C25H32N6O3/c1-15-13-31(14-16(2)34-15)25-28-22(12-23(29-25)30-7-9-33-10-8-30)24(32)27-19-5-6-21-20(11-19)17(3)18(4)26-21/h5-6,11-12,15-16,26H,7-10,13-14H2,1-4H3,(H,27,32). The first-order valence-corrected chi connectivity index (χ1v) is 11.9. The summed E-state index contributed by atoms with van der Waals surface area (Å²) in [6, 6.07) is 7.68. The quantitative estimate of drug-likeness (QED) is 0.612. The molecule has 0 spiro atoms. The lowest BCUT2D eigenvalue weighted by atomic mass is 10.1. The molecule has 1 amide bonds. The maximum absolute atomic E-state index is 13.3. The minimum absolute atomic E-state index is 0.0662. The van der Waals surface area contributed by atoms with Crippen LogP contribution in [0.3, 0.4) is 0 Å². The summed E-state index contributed by atoms with van der Waals surface area (Å²) in [4.78, 5) is 30.5. The number of rotatable bonds is 4. The number of carbonyl (C=O) groups is 1. The fourth-order valence-electron chi connectivity index (χ4n) is 4.71. The minimum Gasteiger partial charge on any atom is -0.378 e. The molecule has 2 N–H and O–H groups in total. The third-order valence-corrected chi connectivity index (χ3v) is 6.54. The number of hydrogen-bond donors (Lipinski definition) is 2. The SMILES string of the molecule is Cc1[nH]c2ccc(NC(=O)c3cc(N4CCOCC4)nc(N4CC(C)OC(C)C4)n3)cc2c1C. The van der Waals surface area contributed by atoms with Gasteiger partial charge in [0.15, 0.2) is 0 Å². The van der Waals surface area contributed by atoms with Crippen LogP contribution in [-0.2, 0) is 9.47 Å². The predicted molar refractivity (Wildman–Crippen MR) is 133 cm³/mol. The lowest BCUT2D eigenvalue weighted by Gasteiger charge is -2.36. The molecule has 2 aromatic heterocycles. The highest BCUT2D eigenvalue weighted by atomic mass is 16.5. The molecule has 2 saturated heterocycles. The number of anilines is 3. The van der Waals surface area contributed by atoms with E-state index in [2.05, 4.69) is 38.9 Å². The Morgan fingerprint density at radius 3 is 2.53 bits per heavy atom. The van der Waals surface area contributed by atoms with Crippen molar-refractivity contribution in [1.29, 1.82) is 0 Å². The summed E-state index contributed by atoms with van der Waals surface area (Å²) < 4.78 is 11.4. The van der Waals surface area contributed by atoms with Gasteiger partial charge in [0.25, 0.3) is 5.91 Å². The number of nitrogens with zero attached hydrogens (tertiary/aromatic N) is 4. The number of aromatic amines is 1. The van der Waals surface area contributed by atoms with Crippen molar-refractivity contribution in [3.63, 3.8) is 0 Å². The van der Waals surface area contributed by atoms with Crippen molar-refractivity contribution in [1.82, 2.24) is 15.0 Å². The van der Waals surface area contributed by atoms with Gasteiger partial charge in [-0.3, -0.25) is 4.79 Å². The van der Waals surface area contributed by atoms with Gasteiger partial charge in [-0.1, -0.05) is 0 Å². The Morgan fingerprint density at radius 2 is 1.79 bits per heavy atom. The van der Waals surface area contributed by atoms with Crippen LogP contribution in [0.15, 0.2) is 24.3 Å². The highest BCUT2D eigenvalue weighted by Gasteiger charge is 2.26. The number of hydrogen-bond acceptors (Lipinski definition) is 7. The van der Waals surface area contributed by atoms with Crippen LogP contribution < -0.4 is 15.1 Å². The summed E-state index contributed by atoms with van der Waals surface area (Å²) in [5.41, 5.74) is 4.45. The molecule has 34 heavy (non-hydrogen) atoms. The minimum atomic E-state index is -0.253. The molecule has 4 heterocycles. The molecule has 2 aliphatic heterocycles. The van der Waals surface area contributed by atoms with Crippen molar-refractivity contribution in [2.75, 3.05) is 54.5 Å². The maximum atomic E-state index is 13.3. The first-order chi connectivity index (χ1) is 16.4. The molecule has 9 nitrogen and oxygen atoms in total. The fraction of sp³-hybridized carbons (Fsp3) is 0.480. The van der Waals surface area contributed by atoms with Gasteiger partial charge in [0, 0.05) is 54.5 Å². The number of ether oxygens (including phenoxy) is 2. The summed E-state index contributed by atoms with van der Waals surface area (Å²) in [5, 5.41) is 4.14. The fourth-order valence-corrected chi connectivity index (χ4v) is 4.71. The Bertz CT molecular complexity index is 1190. The van der Waals surface area contributed by atoms with E-state index in [-0.39, 0.29) is 18.1 Å². The molecule has 0 saturated carbocycles. The van der Waals surface area contributed by atoms with E-state index in [0.717, 1.165) is 41.2 Å². The zero-order chi connectivity index (χ0) is 23.8. The van der Waals surface area contributed by atoms with Gasteiger partial charge in [-0.15, -0.1) is 0 Å². The zero-order valence-electron chi connectivity index (χ0n) is 20.2. The monoisotopic (exact) mass is 464 g/mol. The lowest BCUT2D eigenvalue weighted by molar-refractivity contribution is -0.00572. The molecule has 0 bridgehead atoms. The van der Waals surface area contributed by atoms with Crippen LogP contribution in [0.5, 0.6) is 0 Å². The summed E-state index contributed by atoms with van der Waals surface area (Å²) in [6.07, 6.45) is 0.132. The van der Waals surface area contributed by atoms with E-state index in [1.807, 2.05) is 32.0 Å². The first kappa shape index (κ1) is 22.6. The lowest BCUT2D eigenvalue weighted by Crippen LogP contribution is -2.46. The molecular weight excluding hydrogens is 432 g/mol. The second kappa shape index (κ2) is 9.23. The number of amides is 1. The number of nitrogens with one attached hydrogen (secondary N) is 2. The number of aromatic nitrogens is 3. The average Bonchev–Trinajstić information content (AvgIpc) is 3.11. The van der Waals surface area contributed by atoms with E-state index >= 15 is 0 Å². The van der Waals surface area contributed by atoms with Crippen LogP contribution in [0.4, 0.5) is 17.5 Å².